The fourth-order valence-corrected chi connectivity index (χ4v) is 1.75. The first kappa shape index (κ1) is 14.7. The van der Waals surface area contributed by atoms with Crippen molar-refractivity contribution in [2.75, 3.05) is 0 Å². The lowest BCUT2D eigenvalue weighted by Gasteiger charge is -1.94. The molecular formula is C13H10Cl4. The van der Waals surface area contributed by atoms with Crippen molar-refractivity contribution in [3.63, 3.8) is 0 Å². The van der Waals surface area contributed by atoms with E-state index in [9.17, 15) is 0 Å². The van der Waals surface area contributed by atoms with Gasteiger partial charge in [-0.05, 0) is 17.7 Å². The zero-order valence-corrected chi connectivity index (χ0v) is 11.9. The molecule has 0 amide bonds. The fraction of sp³-hybridized carbons (Fsp3) is 0.0769. The molecule has 0 heterocycles. The maximum Gasteiger partial charge on any atom is 0.0778 e. The molecule has 0 aliphatic rings. The SMILES string of the molecule is ClCc1ccccc1.Clc1cccc(Cl)c1Cl. The van der Waals surface area contributed by atoms with Crippen LogP contribution < -0.4 is 0 Å². The largest absolute Gasteiger partial charge is 0.122 e. The van der Waals surface area contributed by atoms with Gasteiger partial charge in [-0.15, -0.1) is 11.6 Å². The van der Waals surface area contributed by atoms with Gasteiger partial charge in [-0.1, -0.05) is 71.2 Å². The molecule has 0 N–H and O–H groups in total. The Kier molecular flexibility index (Phi) is 6.76. The molecule has 0 spiro atoms. The molecule has 0 unspecified atom stereocenters. The highest BCUT2D eigenvalue weighted by molar-refractivity contribution is 6.47. The van der Waals surface area contributed by atoms with Crippen LogP contribution in [0.3, 0.4) is 0 Å². The normalized spacial score (nSPS) is 9.41. The van der Waals surface area contributed by atoms with Crippen LogP contribution in [0.15, 0.2) is 48.5 Å². The minimum atomic E-state index is 0.417. The molecule has 2 aromatic carbocycles. The first-order chi connectivity index (χ1) is 8.15. The third kappa shape index (κ3) is 5.18. The summed E-state index contributed by atoms with van der Waals surface area (Å²) >= 11 is 22.3. The summed E-state index contributed by atoms with van der Waals surface area (Å²) in [5.74, 6) is 0.612. The predicted molar refractivity (Wildman–Crippen MR) is 77.5 cm³/mol. The van der Waals surface area contributed by atoms with Crippen LogP contribution in [0.25, 0.3) is 0 Å². The van der Waals surface area contributed by atoms with Crippen LogP contribution in [-0.4, -0.2) is 0 Å². The Balaban J connectivity index is 0.000000171. The smallest absolute Gasteiger partial charge is 0.0778 e. The molecule has 0 nitrogen and oxygen atoms in total. The minimum Gasteiger partial charge on any atom is -0.122 e. The molecule has 0 aliphatic heterocycles. The van der Waals surface area contributed by atoms with Gasteiger partial charge in [0.1, 0.15) is 0 Å². The van der Waals surface area contributed by atoms with Gasteiger partial charge in [-0.3, -0.25) is 0 Å². The Morgan fingerprint density at radius 1 is 0.706 bits per heavy atom. The Morgan fingerprint density at radius 2 is 1.24 bits per heavy atom. The van der Waals surface area contributed by atoms with E-state index in [2.05, 4.69) is 0 Å². The van der Waals surface area contributed by atoms with Crippen molar-refractivity contribution in [1.29, 1.82) is 0 Å². The van der Waals surface area contributed by atoms with Gasteiger partial charge < -0.3 is 0 Å². The van der Waals surface area contributed by atoms with E-state index in [-0.39, 0.29) is 0 Å². The van der Waals surface area contributed by atoms with E-state index in [4.69, 9.17) is 46.4 Å². The van der Waals surface area contributed by atoms with E-state index in [0.29, 0.717) is 20.9 Å². The maximum absolute atomic E-state index is 5.61. The van der Waals surface area contributed by atoms with E-state index < -0.39 is 0 Å². The van der Waals surface area contributed by atoms with Gasteiger partial charge in [0.05, 0.1) is 15.1 Å². The van der Waals surface area contributed by atoms with Gasteiger partial charge in [-0.2, -0.15) is 0 Å². The first-order valence-electron chi connectivity index (χ1n) is 4.84. The van der Waals surface area contributed by atoms with Crippen molar-refractivity contribution in [3.05, 3.63) is 69.2 Å². The summed E-state index contributed by atoms with van der Waals surface area (Å²) in [6.45, 7) is 0. The molecule has 0 bridgehead atoms. The fourth-order valence-electron chi connectivity index (χ4n) is 1.04. The second-order valence-electron chi connectivity index (χ2n) is 3.15. The first-order valence-corrected chi connectivity index (χ1v) is 6.51. The highest BCUT2D eigenvalue weighted by atomic mass is 35.5. The summed E-state index contributed by atoms with van der Waals surface area (Å²) in [6.07, 6.45) is 0. The van der Waals surface area contributed by atoms with Crippen molar-refractivity contribution in [2.45, 2.75) is 5.88 Å². The summed E-state index contributed by atoms with van der Waals surface area (Å²) in [5, 5.41) is 1.40. The lowest BCUT2D eigenvalue weighted by molar-refractivity contribution is 1.41. The van der Waals surface area contributed by atoms with E-state index in [0.717, 1.165) is 0 Å². The van der Waals surface area contributed by atoms with Crippen LogP contribution in [0, 0.1) is 0 Å². The van der Waals surface area contributed by atoms with Crippen molar-refractivity contribution >= 4 is 46.4 Å². The average Bonchev–Trinajstić information content (AvgIpc) is 2.37. The third-order valence-electron chi connectivity index (χ3n) is 1.90. The van der Waals surface area contributed by atoms with Crippen molar-refractivity contribution in [1.82, 2.24) is 0 Å². The highest BCUT2D eigenvalue weighted by Crippen LogP contribution is 2.28. The molecule has 4 heteroatoms. The quantitative estimate of drug-likeness (QED) is 0.443. The summed E-state index contributed by atoms with van der Waals surface area (Å²) in [5.41, 5.74) is 1.18. The molecule has 0 saturated carbocycles. The van der Waals surface area contributed by atoms with Crippen LogP contribution in [-0.2, 0) is 5.88 Å². The number of benzene rings is 2. The van der Waals surface area contributed by atoms with Gasteiger partial charge in [0.2, 0.25) is 0 Å². The molecule has 0 aliphatic carbocycles. The van der Waals surface area contributed by atoms with Gasteiger partial charge in [0, 0.05) is 5.88 Å². The molecule has 90 valence electrons. The second kappa shape index (κ2) is 7.84. The molecule has 0 fully saturated rings. The van der Waals surface area contributed by atoms with Crippen LogP contribution in [0.1, 0.15) is 5.56 Å². The molecule has 0 saturated heterocycles. The molecule has 17 heavy (non-hydrogen) atoms. The highest BCUT2D eigenvalue weighted by Gasteiger charge is 1.98. The van der Waals surface area contributed by atoms with Crippen molar-refractivity contribution in [3.8, 4) is 0 Å². The van der Waals surface area contributed by atoms with Crippen LogP contribution in [0.5, 0.6) is 0 Å². The number of hydrogen-bond donors (Lipinski definition) is 0. The van der Waals surface area contributed by atoms with Crippen LogP contribution in [0.2, 0.25) is 15.1 Å². The topological polar surface area (TPSA) is 0 Å². The maximum atomic E-state index is 5.61. The van der Waals surface area contributed by atoms with Crippen LogP contribution >= 0.6 is 46.4 Å². The number of rotatable bonds is 1. The summed E-state index contributed by atoms with van der Waals surface area (Å²) in [4.78, 5) is 0. The molecule has 0 aromatic heterocycles. The molecule has 0 atom stereocenters. The zero-order valence-electron chi connectivity index (χ0n) is 8.84. The molecular weight excluding hydrogens is 298 g/mol. The number of halogens is 4. The standard InChI is InChI=1S/C7H7Cl.C6H3Cl3/c8-6-7-4-2-1-3-5-7;7-4-2-1-3-5(8)6(4)9/h1-5H,6H2;1-3H. The number of hydrogen-bond acceptors (Lipinski definition) is 0. The van der Waals surface area contributed by atoms with E-state index in [1.165, 1.54) is 5.56 Å². The second-order valence-corrected chi connectivity index (χ2v) is 4.61. The van der Waals surface area contributed by atoms with E-state index in [1.807, 2.05) is 30.3 Å². The molecule has 2 aromatic rings. The van der Waals surface area contributed by atoms with E-state index in [1.54, 1.807) is 18.2 Å². The van der Waals surface area contributed by atoms with Gasteiger partial charge >= 0.3 is 0 Å². The van der Waals surface area contributed by atoms with Crippen molar-refractivity contribution in [2.24, 2.45) is 0 Å². The van der Waals surface area contributed by atoms with Gasteiger partial charge in [0.15, 0.2) is 0 Å². The predicted octanol–water partition coefficient (Wildman–Crippen LogP) is 6.07. The van der Waals surface area contributed by atoms with Gasteiger partial charge in [-0.25, -0.2) is 0 Å². The summed E-state index contributed by atoms with van der Waals surface area (Å²) in [6, 6.07) is 15.1. The number of alkyl halides is 1. The summed E-state index contributed by atoms with van der Waals surface area (Å²) < 4.78 is 0. The Labute approximate surface area is 121 Å². The van der Waals surface area contributed by atoms with Crippen molar-refractivity contribution < 1.29 is 0 Å². The Morgan fingerprint density at radius 3 is 1.59 bits per heavy atom. The van der Waals surface area contributed by atoms with Gasteiger partial charge in [0.25, 0.3) is 0 Å². The van der Waals surface area contributed by atoms with E-state index >= 15 is 0 Å². The molecule has 0 radical (unpaired) electrons. The monoisotopic (exact) mass is 306 g/mol. The summed E-state index contributed by atoms with van der Waals surface area (Å²) in [7, 11) is 0. The lowest BCUT2D eigenvalue weighted by atomic mass is 10.2. The lowest BCUT2D eigenvalue weighted by Crippen LogP contribution is -1.71. The van der Waals surface area contributed by atoms with Crippen LogP contribution in [0.4, 0.5) is 0 Å². The molecule has 2 rings (SSSR count). The third-order valence-corrected chi connectivity index (χ3v) is 3.44. The Bertz CT molecular complexity index is 434. The Hall–Kier alpha value is -0.400. The zero-order chi connectivity index (χ0) is 12.7. The minimum absolute atomic E-state index is 0.417. The average molecular weight is 308 g/mol.